The smallest absolute Gasteiger partial charge is 0.129 e. The van der Waals surface area contributed by atoms with Gasteiger partial charge in [-0.1, -0.05) is 54.9 Å². The summed E-state index contributed by atoms with van der Waals surface area (Å²) in [6.45, 7) is 1.99. The fourth-order valence-corrected chi connectivity index (χ4v) is 2.16. The maximum atomic E-state index is 13.8. The van der Waals surface area contributed by atoms with E-state index in [1.807, 2.05) is 37.3 Å². The normalized spacial score (nSPS) is 14.2. The lowest BCUT2D eigenvalue weighted by Gasteiger charge is -2.21. The Kier molecular flexibility index (Phi) is 4.00. The highest BCUT2D eigenvalue weighted by Gasteiger charge is 2.19. The summed E-state index contributed by atoms with van der Waals surface area (Å²) < 4.78 is 13.8. The van der Waals surface area contributed by atoms with E-state index in [4.69, 9.17) is 17.3 Å². The molecule has 0 aromatic heterocycles. The van der Waals surface area contributed by atoms with Crippen LogP contribution in [0.4, 0.5) is 4.39 Å². The molecule has 3 heteroatoms. The van der Waals surface area contributed by atoms with Crippen LogP contribution in [0, 0.1) is 5.82 Å². The predicted molar refractivity (Wildman–Crippen MR) is 73.2 cm³/mol. The average Bonchev–Trinajstić information content (AvgIpc) is 2.38. The Labute approximate surface area is 111 Å². The second kappa shape index (κ2) is 5.51. The van der Waals surface area contributed by atoms with Crippen LogP contribution in [0.3, 0.4) is 0 Å². The monoisotopic (exact) mass is 263 g/mol. The summed E-state index contributed by atoms with van der Waals surface area (Å²) in [6, 6.07) is 14.1. The van der Waals surface area contributed by atoms with Gasteiger partial charge in [-0.25, -0.2) is 4.39 Å². The number of benzene rings is 2. The standard InChI is InChI=1S/C15H15ClFN/c1-10(11-5-3-2-4-6-11)15(18)13-8-7-12(16)9-14(13)17/h2-10,15H,18H2,1H3. The van der Waals surface area contributed by atoms with Crippen LogP contribution in [0.1, 0.15) is 30.0 Å². The van der Waals surface area contributed by atoms with Crippen LogP contribution < -0.4 is 5.73 Å². The van der Waals surface area contributed by atoms with E-state index in [1.165, 1.54) is 6.07 Å². The van der Waals surface area contributed by atoms with Gasteiger partial charge in [0, 0.05) is 22.5 Å². The lowest BCUT2D eigenvalue weighted by atomic mass is 9.89. The number of hydrogen-bond donors (Lipinski definition) is 1. The van der Waals surface area contributed by atoms with Crippen molar-refractivity contribution in [2.75, 3.05) is 0 Å². The Hall–Kier alpha value is -1.38. The van der Waals surface area contributed by atoms with E-state index in [-0.39, 0.29) is 17.8 Å². The van der Waals surface area contributed by atoms with Crippen molar-refractivity contribution in [3.05, 3.63) is 70.5 Å². The first kappa shape index (κ1) is 13.1. The van der Waals surface area contributed by atoms with E-state index in [0.29, 0.717) is 10.6 Å². The molecule has 1 nitrogen and oxygen atoms in total. The third-order valence-electron chi connectivity index (χ3n) is 3.19. The topological polar surface area (TPSA) is 26.0 Å². The number of rotatable bonds is 3. The van der Waals surface area contributed by atoms with Crippen molar-refractivity contribution >= 4 is 11.6 Å². The molecule has 0 radical (unpaired) electrons. The first-order valence-electron chi connectivity index (χ1n) is 5.85. The summed E-state index contributed by atoms with van der Waals surface area (Å²) in [5, 5.41) is 0.385. The van der Waals surface area contributed by atoms with Crippen molar-refractivity contribution in [3.63, 3.8) is 0 Å². The lowest BCUT2D eigenvalue weighted by molar-refractivity contribution is 0.540. The molecule has 0 bridgehead atoms. The molecule has 0 fully saturated rings. The Morgan fingerprint density at radius 1 is 1.11 bits per heavy atom. The fourth-order valence-electron chi connectivity index (χ4n) is 2.01. The van der Waals surface area contributed by atoms with Gasteiger partial charge in [0.2, 0.25) is 0 Å². The van der Waals surface area contributed by atoms with Crippen LogP contribution in [0.2, 0.25) is 5.02 Å². The van der Waals surface area contributed by atoms with Crippen LogP contribution >= 0.6 is 11.6 Å². The molecule has 0 spiro atoms. The zero-order chi connectivity index (χ0) is 13.1. The molecule has 2 aromatic rings. The zero-order valence-corrected chi connectivity index (χ0v) is 10.9. The van der Waals surface area contributed by atoms with Gasteiger partial charge in [0.15, 0.2) is 0 Å². The molecular formula is C15H15ClFN. The minimum Gasteiger partial charge on any atom is -0.323 e. The minimum atomic E-state index is -0.385. The molecule has 0 heterocycles. The molecule has 2 aromatic carbocycles. The van der Waals surface area contributed by atoms with Gasteiger partial charge in [0.05, 0.1) is 0 Å². The highest BCUT2D eigenvalue weighted by molar-refractivity contribution is 6.30. The SMILES string of the molecule is CC(c1ccccc1)C(N)c1ccc(Cl)cc1F. The third-order valence-corrected chi connectivity index (χ3v) is 3.42. The number of halogens is 2. The van der Waals surface area contributed by atoms with Crippen molar-refractivity contribution in [3.8, 4) is 0 Å². The summed E-state index contributed by atoms with van der Waals surface area (Å²) in [7, 11) is 0. The minimum absolute atomic E-state index is 0.0434. The van der Waals surface area contributed by atoms with Gasteiger partial charge in [0.25, 0.3) is 0 Å². The van der Waals surface area contributed by atoms with Gasteiger partial charge in [0.1, 0.15) is 5.82 Å². The Bertz CT molecular complexity index is 527. The maximum absolute atomic E-state index is 13.8. The Balaban J connectivity index is 2.28. The van der Waals surface area contributed by atoms with Crippen LogP contribution in [0.15, 0.2) is 48.5 Å². The molecule has 0 aliphatic rings. The summed E-state index contributed by atoms with van der Waals surface area (Å²) in [5.74, 6) is -0.306. The van der Waals surface area contributed by atoms with Gasteiger partial charge < -0.3 is 5.73 Å². The van der Waals surface area contributed by atoms with Crippen molar-refractivity contribution in [1.82, 2.24) is 0 Å². The summed E-state index contributed by atoms with van der Waals surface area (Å²) in [5.41, 5.74) is 7.73. The van der Waals surface area contributed by atoms with E-state index in [9.17, 15) is 4.39 Å². The van der Waals surface area contributed by atoms with Crippen molar-refractivity contribution in [2.24, 2.45) is 5.73 Å². The molecule has 2 atom stereocenters. The molecule has 94 valence electrons. The average molecular weight is 264 g/mol. The summed E-state index contributed by atoms with van der Waals surface area (Å²) in [6.07, 6.45) is 0. The first-order valence-corrected chi connectivity index (χ1v) is 6.23. The molecule has 2 N–H and O–H groups in total. The molecule has 0 aliphatic carbocycles. The number of hydrogen-bond acceptors (Lipinski definition) is 1. The van der Waals surface area contributed by atoms with E-state index >= 15 is 0 Å². The van der Waals surface area contributed by atoms with Crippen LogP contribution in [-0.2, 0) is 0 Å². The molecule has 18 heavy (non-hydrogen) atoms. The lowest BCUT2D eigenvalue weighted by Crippen LogP contribution is -2.19. The largest absolute Gasteiger partial charge is 0.323 e. The second-order valence-electron chi connectivity index (χ2n) is 4.39. The van der Waals surface area contributed by atoms with E-state index < -0.39 is 0 Å². The molecule has 0 saturated heterocycles. The third kappa shape index (κ3) is 2.71. The molecule has 0 amide bonds. The Morgan fingerprint density at radius 2 is 1.78 bits per heavy atom. The van der Waals surface area contributed by atoms with Crippen LogP contribution in [-0.4, -0.2) is 0 Å². The molecular weight excluding hydrogens is 249 g/mol. The molecule has 2 rings (SSSR count). The summed E-state index contributed by atoms with van der Waals surface area (Å²) >= 11 is 5.74. The second-order valence-corrected chi connectivity index (χ2v) is 4.83. The Morgan fingerprint density at radius 3 is 2.39 bits per heavy atom. The van der Waals surface area contributed by atoms with Crippen LogP contribution in [0.5, 0.6) is 0 Å². The van der Waals surface area contributed by atoms with Crippen LogP contribution in [0.25, 0.3) is 0 Å². The zero-order valence-electron chi connectivity index (χ0n) is 10.1. The van der Waals surface area contributed by atoms with Gasteiger partial charge in [-0.3, -0.25) is 0 Å². The fraction of sp³-hybridized carbons (Fsp3) is 0.200. The van der Waals surface area contributed by atoms with E-state index in [0.717, 1.165) is 5.56 Å². The van der Waals surface area contributed by atoms with E-state index in [2.05, 4.69) is 0 Å². The van der Waals surface area contributed by atoms with Gasteiger partial charge in [-0.05, 0) is 17.7 Å². The van der Waals surface area contributed by atoms with Gasteiger partial charge in [-0.2, -0.15) is 0 Å². The maximum Gasteiger partial charge on any atom is 0.129 e. The van der Waals surface area contributed by atoms with Gasteiger partial charge in [-0.15, -0.1) is 0 Å². The first-order chi connectivity index (χ1) is 8.59. The highest BCUT2D eigenvalue weighted by Crippen LogP contribution is 2.30. The molecule has 2 unspecified atom stereocenters. The number of nitrogens with two attached hydrogens (primary N) is 1. The summed E-state index contributed by atoms with van der Waals surface area (Å²) in [4.78, 5) is 0. The highest BCUT2D eigenvalue weighted by atomic mass is 35.5. The predicted octanol–water partition coefficient (Wildman–Crippen LogP) is 4.28. The van der Waals surface area contributed by atoms with E-state index in [1.54, 1.807) is 12.1 Å². The van der Waals surface area contributed by atoms with Crippen molar-refractivity contribution < 1.29 is 4.39 Å². The molecule has 0 aliphatic heterocycles. The van der Waals surface area contributed by atoms with Crippen molar-refractivity contribution in [1.29, 1.82) is 0 Å². The molecule has 0 saturated carbocycles. The van der Waals surface area contributed by atoms with Gasteiger partial charge >= 0.3 is 0 Å². The van der Waals surface area contributed by atoms with Crippen molar-refractivity contribution in [2.45, 2.75) is 18.9 Å². The quantitative estimate of drug-likeness (QED) is 0.879.